The van der Waals surface area contributed by atoms with E-state index in [4.69, 9.17) is 15.7 Å². The molecule has 3 atom stereocenters. The zero-order chi connectivity index (χ0) is 19.9. The highest BCUT2D eigenvalue weighted by molar-refractivity contribution is 8.07. The van der Waals surface area contributed by atoms with E-state index >= 15 is 0 Å². The fraction of sp³-hybridized carbons (Fsp3) is 0.222. The Balaban J connectivity index is 1.65. The van der Waals surface area contributed by atoms with Gasteiger partial charge in [-0.05, 0) is 30.3 Å². The topological polar surface area (TPSA) is 113 Å². The van der Waals surface area contributed by atoms with Gasteiger partial charge in [-0.2, -0.15) is 5.26 Å². The lowest BCUT2D eigenvalue weighted by atomic mass is 9.87. The second-order valence-electron chi connectivity index (χ2n) is 6.24. The van der Waals surface area contributed by atoms with E-state index in [0.717, 1.165) is 6.07 Å². The van der Waals surface area contributed by atoms with Crippen molar-refractivity contribution in [1.29, 1.82) is 5.26 Å². The molecule has 4 rings (SSSR count). The minimum Gasteiger partial charge on any atom is -0.450 e. The SMILES string of the molecule is N#Cc1ccc(C(=O)Nc2ccc(F)c([C@@]3(CF)N=C(N)O[C@@H]4S[C@@H]43)c2)nc1. The number of nitrogens with zero attached hydrogens (tertiary/aromatic N) is 3. The highest BCUT2D eigenvalue weighted by Gasteiger charge is 2.61. The Hall–Kier alpha value is -3.19. The predicted octanol–water partition coefficient (Wildman–Crippen LogP) is 2.30. The van der Waals surface area contributed by atoms with E-state index in [0.29, 0.717) is 5.56 Å². The van der Waals surface area contributed by atoms with Crippen molar-refractivity contribution in [3.8, 4) is 6.07 Å². The normalized spacial score (nSPS) is 25.0. The average molecular weight is 401 g/mol. The number of alkyl halides is 1. The second kappa shape index (κ2) is 6.76. The van der Waals surface area contributed by atoms with Crippen molar-refractivity contribution < 1.29 is 18.3 Å². The standard InChI is InChI=1S/C18H13F2N5O2S/c19-8-18(14-16(28-14)27-17(22)25-18)11-5-10(2-3-12(11)20)24-15(26)13-4-1-9(6-21)7-23-13/h1-5,7,14,16H,8H2,(H2,22,25)(H,24,26)/t14-,16+,18+/m0/s1. The van der Waals surface area contributed by atoms with Crippen LogP contribution in [0.25, 0.3) is 0 Å². The lowest BCUT2D eigenvalue weighted by molar-refractivity contribution is 0.102. The van der Waals surface area contributed by atoms with E-state index in [-0.39, 0.29) is 28.4 Å². The minimum absolute atomic E-state index is 0.00756. The van der Waals surface area contributed by atoms with Crippen molar-refractivity contribution in [2.75, 3.05) is 12.0 Å². The predicted molar refractivity (Wildman–Crippen MR) is 98.8 cm³/mol. The van der Waals surface area contributed by atoms with Crippen LogP contribution < -0.4 is 11.1 Å². The number of carbonyl (C=O) groups excluding carboxylic acids is 1. The molecule has 142 valence electrons. The molecular weight excluding hydrogens is 388 g/mol. The van der Waals surface area contributed by atoms with Gasteiger partial charge in [0.15, 0.2) is 5.44 Å². The van der Waals surface area contributed by atoms with Gasteiger partial charge in [-0.1, -0.05) is 0 Å². The molecular formula is C18H13F2N5O2S. The first-order chi connectivity index (χ1) is 13.5. The Bertz CT molecular complexity index is 1020. The highest BCUT2D eigenvalue weighted by atomic mass is 32.2. The molecule has 0 bridgehead atoms. The molecule has 1 amide bonds. The van der Waals surface area contributed by atoms with E-state index in [9.17, 15) is 13.6 Å². The van der Waals surface area contributed by atoms with Gasteiger partial charge in [0.2, 0.25) is 0 Å². The molecule has 7 nitrogen and oxygen atoms in total. The largest absolute Gasteiger partial charge is 0.450 e. The van der Waals surface area contributed by atoms with E-state index in [1.165, 1.54) is 42.2 Å². The molecule has 3 heterocycles. The fourth-order valence-electron chi connectivity index (χ4n) is 3.05. The van der Waals surface area contributed by atoms with Crippen LogP contribution in [0.15, 0.2) is 41.5 Å². The van der Waals surface area contributed by atoms with Crippen molar-refractivity contribution >= 4 is 29.4 Å². The van der Waals surface area contributed by atoms with Gasteiger partial charge < -0.3 is 15.8 Å². The monoisotopic (exact) mass is 401 g/mol. The third-order valence-corrected chi connectivity index (χ3v) is 5.74. The van der Waals surface area contributed by atoms with Gasteiger partial charge in [0, 0.05) is 17.4 Å². The number of benzene rings is 1. The number of ether oxygens (including phenoxy) is 1. The first-order valence-corrected chi connectivity index (χ1v) is 9.12. The maximum Gasteiger partial charge on any atom is 0.284 e. The summed E-state index contributed by atoms with van der Waals surface area (Å²) in [5.41, 5.74) is 4.40. The maximum atomic E-state index is 14.6. The number of amidine groups is 1. The molecule has 0 aliphatic carbocycles. The number of hydrogen-bond donors (Lipinski definition) is 2. The summed E-state index contributed by atoms with van der Waals surface area (Å²) in [5, 5.41) is 11.0. The molecule has 10 heteroatoms. The summed E-state index contributed by atoms with van der Waals surface area (Å²) in [5.74, 6) is -1.21. The van der Waals surface area contributed by atoms with Gasteiger partial charge in [-0.25, -0.2) is 18.8 Å². The van der Waals surface area contributed by atoms with Crippen molar-refractivity contribution in [3.05, 3.63) is 59.2 Å². The fourth-order valence-corrected chi connectivity index (χ4v) is 4.15. The van der Waals surface area contributed by atoms with Crippen LogP contribution in [-0.2, 0) is 10.3 Å². The van der Waals surface area contributed by atoms with Crippen LogP contribution in [0.4, 0.5) is 14.5 Å². The van der Waals surface area contributed by atoms with Crippen LogP contribution in [0.1, 0.15) is 21.6 Å². The van der Waals surface area contributed by atoms with Gasteiger partial charge >= 0.3 is 0 Å². The summed E-state index contributed by atoms with van der Waals surface area (Å²) in [6.45, 7) is -0.962. The second-order valence-corrected chi connectivity index (χ2v) is 7.49. The molecule has 2 aliphatic heterocycles. The van der Waals surface area contributed by atoms with Gasteiger partial charge in [0.05, 0.1) is 10.8 Å². The lowest BCUT2D eigenvalue weighted by Gasteiger charge is -2.30. The smallest absolute Gasteiger partial charge is 0.284 e. The van der Waals surface area contributed by atoms with Crippen LogP contribution in [0, 0.1) is 17.1 Å². The molecule has 1 aromatic heterocycles. The van der Waals surface area contributed by atoms with Gasteiger partial charge in [0.25, 0.3) is 11.9 Å². The average Bonchev–Trinajstić information content (AvgIpc) is 3.48. The zero-order valence-electron chi connectivity index (χ0n) is 14.2. The number of nitrogens with two attached hydrogens (primary N) is 1. The summed E-state index contributed by atoms with van der Waals surface area (Å²) in [4.78, 5) is 20.3. The van der Waals surface area contributed by atoms with E-state index < -0.39 is 29.2 Å². The summed E-state index contributed by atoms with van der Waals surface area (Å²) in [6, 6.07) is 8.41. The van der Waals surface area contributed by atoms with E-state index in [1.807, 2.05) is 6.07 Å². The van der Waals surface area contributed by atoms with Crippen LogP contribution in [-0.4, -0.2) is 34.3 Å². The van der Waals surface area contributed by atoms with Gasteiger partial charge in [-0.15, -0.1) is 11.8 Å². The lowest BCUT2D eigenvalue weighted by Crippen LogP contribution is -2.42. The van der Waals surface area contributed by atoms with Crippen molar-refractivity contribution in [2.45, 2.75) is 16.2 Å². The number of aliphatic imine (C=N–C) groups is 1. The van der Waals surface area contributed by atoms with Gasteiger partial charge in [0.1, 0.15) is 29.8 Å². The molecule has 0 spiro atoms. The number of halogens is 2. The third-order valence-electron chi connectivity index (χ3n) is 4.49. The number of anilines is 1. The van der Waals surface area contributed by atoms with Crippen LogP contribution in [0.2, 0.25) is 0 Å². The van der Waals surface area contributed by atoms with E-state index in [2.05, 4.69) is 15.3 Å². The number of hydrogen-bond acceptors (Lipinski definition) is 7. The number of aromatic nitrogens is 1. The number of amides is 1. The molecule has 1 saturated heterocycles. The Kier molecular flexibility index (Phi) is 4.39. The van der Waals surface area contributed by atoms with Crippen LogP contribution in [0.3, 0.4) is 0 Å². The molecule has 2 aromatic rings. The first-order valence-electron chi connectivity index (χ1n) is 8.18. The molecule has 0 radical (unpaired) electrons. The summed E-state index contributed by atoms with van der Waals surface area (Å²) >= 11 is 1.31. The van der Waals surface area contributed by atoms with Crippen molar-refractivity contribution in [2.24, 2.45) is 10.7 Å². The number of nitrogens with one attached hydrogen (secondary N) is 1. The number of fused-ring (bicyclic) bond motifs is 1. The Morgan fingerprint density at radius 2 is 2.25 bits per heavy atom. The maximum absolute atomic E-state index is 14.6. The number of rotatable bonds is 4. The van der Waals surface area contributed by atoms with E-state index in [1.54, 1.807) is 0 Å². The number of thioether (sulfide) groups is 1. The van der Waals surface area contributed by atoms with Crippen molar-refractivity contribution in [3.63, 3.8) is 0 Å². The highest BCUT2D eigenvalue weighted by Crippen LogP contribution is 2.57. The van der Waals surface area contributed by atoms with Gasteiger partial charge in [-0.3, -0.25) is 4.79 Å². The number of carbonyl (C=O) groups is 1. The summed E-state index contributed by atoms with van der Waals surface area (Å²) < 4.78 is 33.9. The first kappa shape index (κ1) is 18.2. The molecule has 0 unspecified atom stereocenters. The molecule has 2 aliphatic rings. The Labute approximate surface area is 162 Å². The van der Waals surface area contributed by atoms with Crippen molar-refractivity contribution in [1.82, 2.24) is 4.98 Å². The molecule has 1 aromatic carbocycles. The summed E-state index contributed by atoms with van der Waals surface area (Å²) in [7, 11) is 0. The molecule has 0 saturated carbocycles. The zero-order valence-corrected chi connectivity index (χ0v) is 15.0. The number of pyridine rings is 1. The van der Waals surface area contributed by atoms with Crippen LogP contribution in [0.5, 0.6) is 0 Å². The molecule has 28 heavy (non-hydrogen) atoms. The third kappa shape index (κ3) is 3.03. The number of nitriles is 1. The Morgan fingerprint density at radius 1 is 1.43 bits per heavy atom. The molecule has 3 N–H and O–H groups in total. The minimum atomic E-state index is -1.50. The Morgan fingerprint density at radius 3 is 2.93 bits per heavy atom. The summed E-state index contributed by atoms with van der Waals surface area (Å²) in [6.07, 6.45) is 1.27. The molecule has 1 fully saturated rings. The quantitative estimate of drug-likeness (QED) is 0.760. The van der Waals surface area contributed by atoms with Crippen LogP contribution >= 0.6 is 11.8 Å².